The monoisotopic (exact) mass is 245 g/mol. The van der Waals surface area contributed by atoms with Gasteiger partial charge in [-0.15, -0.1) is 0 Å². The van der Waals surface area contributed by atoms with Gasteiger partial charge in [0.15, 0.2) is 0 Å². The summed E-state index contributed by atoms with van der Waals surface area (Å²) in [7, 11) is 1.66. The van der Waals surface area contributed by atoms with E-state index in [0.29, 0.717) is 0 Å². The van der Waals surface area contributed by atoms with Crippen molar-refractivity contribution in [1.82, 2.24) is 9.78 Å². The number of nitrogens with two attached hydrogens (primary N) is 1. The quantitative estimate of drug-likeness (QED) is 0.879. The number of hydrogen-bond acceptors (Lipinski definition) is 3. The van der Waals surface area contributed by atoms with Crippen molar-refractivity contribution in [2.24, 2.45) is 5.73 Å². The second-order valence-corrected chi connectivity index (χ2v) is 4.29. The van der Waals surface area contributed by atoms with Gasteiger partial charge in [0, 0.05) is 18.3 Å². The first-order chi connectivity index (χ1) is 8.74. The minimum Gasteiger partial charge on any atom is -0.497 e. The van der Waals surface area contributed by atoms with Crippen LogP contribution in [0.15, 0.2) is 36.7 Å². The molecule has 4 heteroatoms. The molecule has 1 unspecified atom stereocenters. The van der Waals surface area contributed by atoms with Crippen LogP contribution < -0.4 is 10.5 Å². The molecule has 18 heavy (non-hydrogen) atoms. The Bertz CT molecular complexity index is 490. The van der Waals surface area contributed by atoms with E-state index in [1.807, 2.05) is 41.3 Å². The van der Waals surface area contributed by atoms with E-state index in [1.54, 1.807) is 7.11 Å². The van der Waals surface area contributed by atoms with Crippen molar-refractivity contribution in [3.63, 3.8) is 0 Å². The molecule has 0 spiro atoms. The van der Waals surface area contributed by atoms with Crippen LogP contribution in [0.3, 0.4) is 0 Å². The lowest BCUT2D eigenvalue weighted by atomic mass is 10.0. The van der Waals surface area contributed by atoms with Gasteiger partial charge in [-0.1, -0.05) is 19.1 Å². The molecular weight excluding hydrogens is 226 g/mol. The minimum atomic E-state index is -0.137. The Morgan fingerprint density at radius 1 is 1.28 bits per heavy atom. The van der Waals surface area contributed by atoms with Crippen molar-refractivity contribution in [2.75, 3.05) is 7.11 Å². The Morgan fingerprint density at radius 2 is 2.00 bits per heavy atom. The Balaban J connectivity index is 2.15. The fourth-order valence-corrected chi connectivity index (χ4v) is 1.90. The third kappa shape index (κ3) is 2.71. The molecular formula is C14H19N3O. The maximum Gasteiger partial charge on any atom is 0.118 e. The summed E-state index contributed by atoms with van der Waals surface area (Å²) in [6, 6.07) is 7.68. The number of nitrogens with zero attached hydrogens (tertiary/aromatic N) is 2. The summed E-state index contributed by atoms with van der Waals surface area (Å²) >= 11 is 0. The fraction of sp³-hybridized carbons (Fsp3) is 0.357. The molecule has 0 amide bonds. The second-order valence-electron chi connectivity index (χ2n) is 4.29. The van der Waals surface area contributed by atoms with Crippen molar-refractivity contribution < 1.29 is 4.74 Å². The van der Waals surface area contributed by atoms with Gasteiger partial charge >= 0.3 is 0 Å². The first-order valence-corrected chi connectivity index (χ1v) is 6.16. The zero-order valence-corrected chi connectivity index (χ0v) is 10.8. The molecule has 0 aliphatic carbocycles. The van der Waals surface area contributed by atoms with E-state index < -0.39 is 0 Å². The molecule has 1 atom stereocenters. The molecule has 4 nitrogen and oxygen atoms in total. The van der Waals surface area contributed by atoms with Crippen LogP contribution in [0.5, 0.6) is 5.75 Å². The third-order valence-electron chi connectivity index (χ3n) is 2.94. The van der Waals surface area contributed by atoms with Crippen LogP contribution in [-0.4, -0.2) is 16.9 Å². The van der Waals surface area contributed by atoms with E-state index >= 15 is 0 Å². The zero-order valence-electron chi connectivity index (χ0n) is 10.8. The highest BCUT2D eigenvalue weighted by Crippen LogP contribution is 2.21. The van der Waals surface area contributed by atoms with Gasteiger partial charge in [-0.25, -0.2) is 0 Å². The van der Waals surface area contributed by atoms with E-state index in [-0.39, 0.29) is 6.04 Å². The van der Waals surface area contributed by atoms with E-state index in [0.717, 1.165) is 29.8 Å². The van der Waals surface area contributed by atoms with Crippen LogP contribution in [0.2, 0.25) is 0 Å². The van der Waals surface area contributed by atoms with E-state index in [4.69, 9.17) is 10.5 Å². The first kappa shape index (κ1) is 12.6. The Kier molecular flexibility index (Phi) is 3.99. The summed E-state index contributed by atoms with van der Waals surface area (Å²) in [4.78, 5) is 0. The summed E-state index contributed by atoms with van der Waals surface area (Å²) in [5.74, 6) is 0.840. The Morgan fingerprint density at radius 3 is 2.61 bits per heavy atom. The molecule has 2 aromatic rings. The van der Waals surface area contributed by atoms with Crippen molar-refractivity contribution in [3.8, 4) is 5.75 Å². The van der Waals surface area contributed by atoms with Gasteiger partial charge in [0.1, 0.15) is 5.75 Å². The molecule has 2 rings (SSSR count). The third-order valence-corrected chi connectivity index (χ3v) is 2.94. The molecule has 0 saturated heterocycles. The van der Waals surface area contributed by atoms with Crippen LogP contribution in [0.25, 0.3) is 0 Å². The lowest BCUT2D eigenvalue weighted by Crippen LogP contribution is -2.11. The second kappa shape index (κ2) is 5.69. The highest BCUT2D eigenvalue weighted by Gasteiger charge is 2.11. The lowest BCUT2D eigenvalue weighted by Gasteiger charge is -2.10. The van der Waals surface area contributed by atoms with Crippen LogP contribution in [-0.2, 0) is 6.54 Å². The lowest BCUT2D eigenvalue weighted by molar-refractivity contribution is 0.414. The SMILES string of the molecule is CCCn1cc(C(N)c2ccc(OC)cc2)cn1. The number of ether oxygens (including phenoxy) is 1. The van der Waals surface area contributed by atoms with Gasteiger partial charge in [-0.2, -0.15) is 5.10 Å². The summed E-state index contributed by atoms with van der Waals surface area (Å²) in [6.45, 7) is 3.06. The molecule has 0 fully saturated rings. The van der Waals surface area contributed by atoms with Crippen molar-refractivity contribution in [2.45, 2.75) is 25.9 Å². The molecule has 0 aliphatic rings. The summed E-state index contributed by atoms with van der Waals surface area (Å²) in [6.07, 6.45) is 4.92. The van der Waals surface area contributed by atoms with Gasteiger partial charge in [0.05, 0.1) is 19.3 Å². The molecule has 2 N–H and O–H groups in total. The summed E-state index contributed by atoms with van der Waals surface area (Å²) in [5.41, 5.74) is 8.32. The van der Waals surface area contributed by atoms with Gasteiger partial charge < -0.3 is 10.5 Å². The smallest absolute Gasteiger partial charge is 0.118 e. The minimum absolute atomic E-state index is 0.137. The normalized spacial score (nSPS) is 12.4. The molecule has 0 radical (unpaired) electrons. The molecule has 0 bridgehead atoms. The van der Waals surface area contributed by atoms with Crippen LogP contribution >= 0.6 is 0 Å². The number of hydrogen-bond donors (Lipinski definition) is 1. The van der Waals surface area contributed by atoms with Gasteiger partial charge in [0.25, 0.3) is 0 Å². The highest BCUT2D eigenvalue weighted by atomic mass is 16.5. The van der Waals surface area contributed by atoms with E-state index in [2.05, 4.69) is 12.0 Å². The maximum atomic E-state index is 6.22. The first-order valence-electron chi connectivity index (χ1n) is 6.16. The number of aromatic nitrogens is 2. The average molecular weight is 245 g/mol. The van der Waals surface area contributed by atoms with E-state index in [9.17, 15) is 0 Å². The number of methoxy groups -OCH3 is 1. The topological polar surface area (TPSA) is 53.1 Å². The van der Waals surface area contributed by atoms with Gasteiger partial charge in [0.2, 0.25) is 0 Å². The molecule has 1 heterocycles. The Labute approximate surface area is 107 Å². The molecule has 1 aromatic heterocycles. The zero-order chi connectivity index (χ0) is 13.0. The molecule has 96 valence electrons. The maximum absolute atomic E-state index is 6.22. The number of aryl methyl sites for hydroxylation is 1. The van der Waals surface area contributed by atoms with Crippen LogP contribution in [0.4, 0.5) is 0 Å². The molecule has 1 aromatic carbocycles. The van der Waals surface area contributed by atoms with E-state index in [1.165, 1.54) is 0 Å². The van der Waals surface area contributed by atoms with Crippen molar-refractivity contribution >= 4 is 0 Å². The summed E-state index contributed by atoms with van der Waals surface area (Å²) < 4.78 is 7.06. The predicted molar refractivity (Wildman–Crippen MR) is 71.5 cm³/mol. The largest absolute Gasteiger partial charge is 0.497 e. The van der Waals surface area contributed by atoms with Crippen molar-refractivity contribution in [3.05, 3.63) is 47.8 Å². The van der Waals surface area contributed by atoms with Gasteiger partial charge in [-0.05, 0) is 24.1 Å². The Hall–Kier alpha value is -1.81. The predicted octanol–water partition coefficient (Wildman–Crippen LogP) is 2.35. The van der Waals surface area contributed by atoms with Gasteiger partial charge in [-0.3, -0.25) is 4.68 Å². The number of benzene rings is 1. The van der Waals surface area contributed by atoms with Crippen molar-refractivity contribution in [1.29, 1.82) is 0 Å². The molecule has 0 aliphatic heterocycles. The van der Waals surface area contributed by atoms with Crippen LogP contribution in [0, 0.1) is 0 Å². The molecule has 0 saturated carbocycles. The average Bonchev–Trinajstić information content (AvgIpc) is 2.87. The number of rotatable bonds is 5. The van der Waals surface area contributed by atoms with Crippen LogP contribution in [0.1, 0.15) is 30.5 Å². The standard InChI is InChI=1S/C14H19N3O/c1-3-8-17-10-12(9-16-17)14(15)11-4-6-13(18-2)7-5-11/h4-7,9-10,14H,3,8,15H2,1-2H3. The fourth-order valence-electron chi connectivity index (χ4n) is 1.90. The summed E-state index contributed by atoms with van der Waals surface area (Å²) in [5, 5.41) is 4.30. The highest BCUT2D eigenvalue weighted by molar-refractivity contribution is 5.33.